The molecule has 0 atom stereocenters. The first kappa shape index (κ1) is 17.6. The zero-order valence-electron chi connectivity index (χ0n) is 12.9. The van der Waals surface area contributed by atoms with Crippen LogP contribution in [-0.4, -0.2) is 28.7 Å². The lowest BCUT2D eigenvalue weighted by molar-refractivity contribution is 0.0526. The van der Waals surface area contributed by atoms with Gasteiger partial charge in [0.05, 0.1) is 16.6 Å². The summed E-state index contributed by atoms with van der Waals surface area (Å²) in [4.78, 5) is 26.0. The summed E-state index contributed by atoms with van der Waals surface area (Å²) in [5, 5.41) is 10.0. The maximum atomic E-state index is 12.5. The summed E-state index contributed by atoms with van der Waals surface area (Å²) < 4.78 is 6.31. The second-order valence-electron chi connectivity index (χ2n) is 5.29. The van der Waals surface area contributed by atoms with E-state index in [1.807, 2.05) is 0 Å². The van der Waals surface area contributed by atoms with Crippen LogP contribution in [0.25, 0.3) is 0 Å². The second kappa shape index (κ2) is 7.37. The van der Waals surface area contributed by atoms with E-state index in [1.165, 1.54) is 11.3 Å². The van der Waals surface area contributed by atoms with Gasteiger partial charge in [-0.15, -0.1) is 11.3 Å². The highest BCUT2D eigenvalue weighted by molar-refractivity contribution is 9.13. The highest BCUT2D eigenvalue weighted by atomic mass is 79.9. The van der Waals surface area contributed by atoms with E-state index in [-0.39, 0.29) is 17.6 Å². The third kappa shape index (κ3) is 3.29. The largest absolute Gasteiger partial charge is 0.462 e. The lowest BCUT2D eigenvalue weighted by atomic mass is 9.95. The number of esters is 1. The average molecular weight is 477 g/mol. The lowest BCUT2D eigenvalue weighted by Crippen LogP contribution is -2.16. The average Bonchev–Trinajstić information content (AvgIpc) is 3.08. The van der Waals surface area contributed by atoms with Crippen molar-refractivity contribution in [1.82, 2.24) is 10.2 Å². The number of aryl methyl sites for hydroxylation is 1. The SMILES string of the molecule is CCOC(=O)c1c(NC(=O)c2n[nH]c(Br)c2Br)sc2c1CCCC2. The first-order valence-electron chi connectivity index (χ1n) is 7.55. The number of hydrogen-bond acceptors (Lipinski definition) is 5. The normalized spacial score (nSPS) is 13.5. The molecule has 128 valence electrons. The number of ether oxygens (including phenoxy) is 1. The number of carbonyl (C=O) groups is 2. The van der Waals surface area contributed by atoms with Crippen LogP contribution in [0.1, 0.15) is 51.1 Å². The molecule has 0 aliphatic heterocycles. The minimum atomic E-state index is -0.382. The number of hydrogen-bond donors (Lipinski definition) is 2. The topological polar surface area (TPSA) is 84.1 Å². The van der Waals surface area contributed by atoms with Crippen LogP contribution in [0.3, 0.4) is 0 Å². The van der Waals surface area contributed by atoms with Gasteiger partial charge < -0.3 is 10.1 Å². The molecule has 0 unspecified atom stereocenters. The summed E-state index contributed by atoms with van der Waals surface area (Å²) in [5.41, 5.74) is 1.74. The van der Waals surface area contributed by atoms with Gasteiger partial charge in [-0.1, -0.05) is 0 Å². The minimum Gasteiger partial charge on any atom is -0.462 e. The zero-order valence-corrected chi connectivity index (χ0v) is 16.9. The minimum absolute atomic E-state index is 0.225. The second-order valence-corrected chi connectivity index (χ2v) is 7.98. The fraction of sp³-hybridized carbons (Fsp3) is 0.400. The van der Waals surface area contributed by atoms with E-state index in [4.69, 9.17) is 4.74 Å². The Bertz CT molecular complexity index is 800. The van der Waals surface area contributed by atoms with Crippen molar-refractivity contribution < 1.29 is 14.3 Å². The van der Waals surface area contributed by atoms with Crippen molar-refractivity contribution in [1.29, 1.82) is 0 Å². The number of anilines is 1. The van der Waals surface area contributed by atoms with Crippen molar-refractivity contribution in [2.24, 2.45) is 0 Å². The predicted molar refractivity (Wildman–Crippen MR) is 98.9 cm³/mol. The molecule has 1 aliphatic carbocycles. The molecule has 2 N–H and O–H groups in total. The Morgan fingerprint density at radius 2 is 2.08 bits per heavy atom. The van der Waals surface area contributed by atoms with Crippen LogP contribution in [0.5, 0.6) is 0 Å². The fourth-order valence-electron chi connectivity index (χ4n) is 2.69. The standard InChI is InChI=1S/C15H15Br2N3O3S/c1-2-23-15(22)9-7-5-3-4-6-8(7)24-14(9)18-13(21)11-10(16)12(17)20-19-11/h2-6H2,1H3,(H,18,21)(H,19,20). The quantitative estimate of drug-likeness (QED) is 0.644. The van der Waals surface area contributed by atoms with E-state index >= 15 is 0 Å². The van der Waals surface area contributed by atoms with Gasteiger partial charge in [0.2, 0.25) is 0 Å². The molecular weight excluding hydrogens is 462 g/mol. The molecule has 1 aliphatic rings. The van der Waals surface area contributed by atoms with Crippen LogP contribution in [0, 0.1) is 0 Å². The van der Waals surface area contributed by atoms with Crippen LogP contribution >= 0.6 is 43.2 Å². The van der Waals surface area contributed by atoms with Crippen molar-refractivity contribution in [3.63, 3.8) is 0 Å². The van der Waals surface area contributed by atoms with Crippen LogP contribution in [0.4, 0.5) is 5.00 Å². The molecule has 0 spiro atoms. The van der Waals surface area contributed by atoms with Gasteiger partial charge in [-0.3, -0.25) is 9.89 Å². The van der Waals surface area contributed by atoms with E-state index in [2.05, 4.69) is 47.4 Å². The number of H-pyrrole nitrogens is 1. The molecule has 9 heteroatoms. The molecule has 24 heavy (non-hydrogen) atoms. The number of aromatic amines is 1. The molecule has 0 aromatic carbocycles. The molecular formula is C15H15Br2N3O3S. The van der Waals surface area contributed by atoms with Crippen molar-refractivity contribution >= 4 is 60.1 Å². The smallest absolute Gasteiger partial charge is 0.341 e. The number of thiophene rings is 1. The number of halogens is 2. The number of carbonyl (C=O) groups excluding carboxylic acids is 2. The number of fused-ring (bicyclic) bond motifs is 1. The first-order valence-corrected chi connectivity index (χ1v) is 9.95. The molecule has 2 heterocycles. The molecule has 0 saturated carbocycles. The predicted octanol–water partition coefficient (Wildman–Crippen LogP) is 4.30. The van der Waals surface area contributed by atoms with Crippen molar-refractivity contribution in [3.05, 3.63) is 30.8 Å². The Morgan fingerprint density at radius 3 is 2.75 bits per heavy atom. The van der Waals surface area contributed by atoms with Gasteiger partial charge in [-0.05, 0) is 70.0 Å². The van der Waals surface area contributed by atoms with E-state index in [0.717, 1.165) is 36.1 Å². The monoisotopic (exact) mass is 475 g/mol. The molecule has 6 nitrogen and oxygen atoms in total. The molecule has 0 saturated heterocycles. The molecule has 3 rings (SSSR count). The van der Waals surface area contributed by atoms with Gasteiger partial charge in [-0.2, -0.15) is 5.10 Å². The van der Waals surface area contributed by atoms with Gasteiger partial charge in [-0.25, -0.2) is 4.79 Å². The Kier molecular flexibility index (Phi) is 5.41. The molecule has 0 fully saturated rings. The highest BCUT2D eigenvalue weighted by Crippen LogP contribution is 2.39. The van der Waals surface area contributed by atoms with Gasteiger partial charge in [0.25, 0.3) is 5.91 Å². The van der Waals surface area contributed by atoms with E-state index in [0.29, 0.717) is 26.2 Å². The van der Waals surface area contributed by atoms with Crippen LogP contribution < -0.4 is 5.32 Å². The maximum Gasteiger partial charge on any atom is 0.341 e. The summed E-state index contributed by atoms with van der Waals surface area (Å²) in [6.45, 7) is 2.07. The molecule has 1 amide bonds. The highest BCUT2D eigenvalue weighted by Gasteiger charge is 2.28. The maximum absolute atomic E-state index is 12.5. The van der Waals surface area contributed by atoms with E-state index in [9.17, 15) is 9.59 Å². The first-order chi connectivity index (χ1) is 11.5. The summed E-state index contributed by atoms with van der Waals surface area (Å²) >= 11 is 8.02. The zero-order chi connectivity index (χ0) is 17.3. The summed E-state index contributed by atoms with van der Waals surface area (Å²) in [5.74, 6) is -0.762. The Morgan fingerprint density at radius 1 is 1.33 bits per heavy atom. The number of aromatic nitrogens is 2. The van der Waals surface area contributed by atoms with Gasteiger partial charge in [0.1, 0.15) is 9.60 Å². The number of nitrogens with one attached hydrogen (secondary N) is 2. The Hall–Kier alpha value is -1.19. The molecule has 0 radical (unpaired) electrons. The molecule has 2 aromatic rings. The molecule has 0 bridgehead atoms. The lowest BCUT2D eigenvalue weighted by Gasteiger charge is -2.12. The summed E-state index contributed by atoms with van der Waals surface area (Å²) in [7, 11) is 0. The Labute approximate surface area is 159 Å². The summed E-state index contributed by atoms with van der Waals surface area (Å²) in [6.07, 6.45) is 3.91. The number of amides is 1. The van der Waals surface area contributed by atoms with E-state index < -0.39 is 0 Å². The van der Waals surface area contributed by atoms with Crippen molar-refractivity contribution in [2.45, 2.75) is 32.6 Å². The Balaban J connectivity index is 1.95. The molecule has 2 aromatic heterocycles. The third-order valence-corrected chi connectivity index (χ3v) is 6.84. The van der Waals surface area contributed by atoms with Crippen LogP contribution in [0.2, 0.25) is 0 Å². The number of nitrogens with zero attached hydrogens (tertiary/aromatic N) is 1. The fourth-order valence-corrected chi connectivity index (χ4v) is 4.60. The van der Waals surface area contributed by atoms with Crippen molar-refractivity contribution in [3.8, 4) is 0 Å². The van der Waals surface area contributed by atoms with Crippen molar-refractivity contribution in [2.75, 3.05) is 11.9 Å². The van der Waals surface area contributed by atoms with Gasteiger partial charge in [0.15, 0.2) is 5.69 Å². The number of rotatable bonds is 4. The van der Waals surface area contributed by atoms with Crippen LogP contribution in [-0.2, 0) is 17.6 Å². The van der Waals surface area contributed by atoms with Crippen LogP contribution in [0.15, 0.2) is 9.08 Å². The van der Waals surface area contributed by atoms with Gasteiger partial charge >= 0.3 is 5.97 Å². The van der Waals surface area contributed by atoms with E-state index in [1.54, 1.807) is 6.92 Å². The third-order valence-electron chi connectivity index (χ3n) is 3.76. The summed E-state index contributed by atoms with van der Waals surface area (Å²) in [6, 6.07) is 0. The van der Waals surface area contributed by atoms with Gasteiger partial charge in [0, 0.05) is 4.88 Å².